The highest BCUT2D eigenvalue weighted by atomic mass is 35.5. The topological polar surface area (TPSA) is 246 Å². The number of nitrogens with two attached hydrogens (primary N) is 2. The number of ether oxygens (including phenoxy) is 2. The summed E-state index contributed by atoms with van der Waals surface area (Å²) >= 11 is 13.0. The minimum atomic E-state index is -1.53. The molecular weight excluding hydrogens is 743 g/mol. The number of nitrogens with zero attached hydrogens (tertiary/aromatic N) is 4. The van der Waals surface area contributed by atoms with Gasteiger partial charge in [0.25, 0.3) is 11.8 Å². The molecule has 2 unspecified atom stereocenters. The number of Topliss-reactive ketones (excluding diaryl/α,β-unsaturated/α-hetero) is 2. The lowest BCUT2D eigenvalue weighted by Crippen LogP contribution is -2.32. The van der Waals surface area contributed by atoms with Crippen LogP contribution in [0.2, 0.25) is 10.0 Å². The molecule has 0 aliphatic rings. The molecular formula is C36H32Cl2N8O8. The largest absolute Gasteiger partial charge is 0.495 e. The molecule has 0 saturated heterocycles. The number of hydrogen-bond acceptors (Lipinski definition) is 12. The third kappa shape index (κ3) is 9.87. The molecule has 0 aromatic heterocycles. The first-order valence-electron chi connectivity index (χ1n) is 15.6. The Morgan fingerprint density at radius 2 is 0.963 bits per heavy atom. The van der Waals surface area contributed by atoms with E-state index in [4.69, 9.17) is 44.1 Å². The van der Waals surface area contributed by atoms with Gasteiger partial charge in [0.05, 0.1) is 35.6 Å². The van der Waals surface area contributed by atoms with Crippen LogP contribution in [0.1, 0.15) is 34.6 Å². The number of carbonyl (C=O) groups excluding carboxylic acids is 6. The molecule has 0 heterocycles. The summed E-state index contributed by atoms with van der Waals surface area (Å²) in [6, 6.07) is 14.7. The van der Waals surface area contributed by atoms with Gasteiger partial charge < -0.3 is 31.6 Å². The van der Waals surface area contributed by atoms with Crippen molar-refractivity contribution in [2.24, 2.45) is 31.9 Å². The van der Waals surface area contributed by atoms with E-state index in [2.05, 4.69) is 31.1 Å². The van der Waals surface area contributed by atoms with E-state index in [1.165, 1.54) is 76.6 Å². The van der Waals surface area contributed by atoms with Crippen molar-refractivity contribution in [3.8, 4) is 22.6 Å². The Balaban J connectivity index is 1.48. The third-order valence-electron chi connectivity index (χ3n) is 7.55. The monoisotopic (exact) mass is 774 g/mol. The van der Waals surface area contributed by atoms with Crippen LogP contribution in [-0.2, 0) is 19.2 Å². The summed E-state index contributed by atoms with van der Waals surface area (Å²) in [5.41, 5.74) is 12.8. The Morgan fingerprint density at radius 3 is 1.26 bits per heavy atom. The van der Waals surface area contributed by atoms with Crippen molar-refractivity contribution in [2.45, 2.75) is 25.9 Å². The first-order valence-corrected chi connectivity index (χ1v) is 16.4. The van der Waals surface area contributed by atoms with Crippen LogP contribution >= 0.6 is 23.2 Å². The normalized spacial score (nSPS) is 12.2. The first-order chi connectivity index (χ1) is 25.6. The number of methoxy groups -OCH3 is 2. The zero-order chi connectivity index (χ0) is 39.7. The van der Waals surface area contributed by atoms with Crippen LogP contribution in [0.5, 0.6) is 11.5 Å². The number of benzene rings is 4. The second-order valence-electron chi connectivity index (χ2n) is 11.3. The zero-order valence-corrected chi connectivity index (χ0v) is 30.6. The van der Waals surface area contributed by atoms with Crippen LogP contribution in [0.25, 0.3) is 11.1 Å². The van der Waals surface area contributed by atoms with E-state index in [-0.39, 0.29) is 55.4 Å². The van der Waals surface area contributed by atoms with Gasteiger partial charge in [0.2, 0.25) is 23.9 Å². The van der Waals surface area contributed by atoms with Crippen molar-refractivity contribution in [2.75, 3.05) is 24.9 Å². The van der Waals surface area contributed by atoms with Gasteiger partial charge in [-0.15, -0.1) is 0 Å². The van der Waals surface area contributed by atoms with Gasteiger partial charge >= 0.3 is 0 Å². The molecule has 0 aliphatic carbocycles. The summed E-state index contributed by atoms with van der Waals surface area (Å²) in [5, 5.41) is 21.3. The van der Waals surface area contributed by atoms with Gasteiger partial charge in [0.15, 0.2) is 11.6 Å². The van der Waals surface area contributed by atoms with E-state index in [1.54, 1.807) is 24.3 Å². The number of carbonyl (C=O) groups is 6. The Hall–Kier alpha value is -6.52. The fourth-order valence-corrected chi connectivity index (χ4v) is 5.15. The van der Waals surface area contributed by atoms with Crippen molar-refractivity contribution in [3.63, 3.8) is 0 Å². The van der Waals surface area contributed by atoms with Gasteiger partial charge in [-0.3, -0.25) is 28.8 Å². The van der Waals surface area contributed by atoms with Crippen LogP contribution in [-0.4, -0.2) is 61.5 Å². The summed E-state index contributed by atoms with van der Waals surface area (Å²) in [6.45, 7) is 2.35. The third-order valence-corrected chi connectivity index (χ3v) is 8.15. The quantitative estimate of drug-likeness (QED) is 0.0794. The summed E-state index contributed by atoms with van der Waals surface area (Å²) in [7, 11) is 2.67. The van der Waals surface area contributed by atoms with E-state index >= 15 is 0 Å². The summed E-state index contributed by atoms with van der Waals surface area (Å²) in [6.07, 6.45) is 0. The van der Waals surface area contributed by atoms with E-state index in [1.807, 2.05) is 0 Å². The molecule has 4 aromatic carbocycles. The van der Waals surface area contributed by atoms with Gasteiger partial charge in [-0.1, -0.05) is 35.3 Å². The van der Waals surface area contributed by atoms with Crippen LogP contribution in [0.15, 0.2) is 93.3 Å². The minimum absolute atomic E-state index is 0.138. The molecule has 6 N–H and O–H groups in total. The number of primary amides is 2. The molecule has 0 aliphatic heterocycles. The molecule has 4 rings (SSSR count). The van der Waals surface area contributed by atoms with Crippen molar-refractivity contribution < 1.29 is 38.2 Å². The molecule has 4 aromatic rings. The van der Waals surface area contributed by atoms with Gasteiger partial charge in [0.1, 0.15) is 22.9 Å². The molecule has 2 atom stereocenters. The van der Waals surface area contributed by atoms with Crippen molar-refractivity contribution >= 4 is 81.1 Å². The number of amides is 4. The van der Waals surface area contributed by atoms with Crippen LogP contribution < -0.4 is 31.6 Å². The maximum absolute atomic E-state index is 13.0. The lowest BCUT2D eigenvalue weighted by molar-refractivity contribution is -0.127. The molecule has 18 heteroatoms. The highest BCUT2D eigenvalue weighted by molar-refractivity contribution is 6.34. The highest BCUT2D eigenvalue weighted by Crippen LogP contribution is 2.35. The maximum atomic E-state index is 13.0. The predicted molar refractivity (Wildman–Crippen MR) is 200 cm³/mol. The number of azo groups is 2. The van der Waals surface area contributed by atoms with Crippen molar-refractivity contribution in [3.05, 3.63) is 94.0 Å². The van der Waals surface area contributed by atoms with E-state index in [0.717, 1.165) is 0 Å². The lowest BCUT2D eigenvalue weighted by Gasteiger charge is -2.13. The number of halogens is 2. The molecule has 4 amide bonds. The number of rotatable bonds is 15. The predicted octanol–water partition coefficient (Wildman–Crippen LogP) is 6.24. The van der Waals surface area contributed by atoms with E-state index in [9.17, 15) is 28.8 Å². The van der Waals surface area contributed by atoms with Crippen molar-refractivity contribution in [1.82, 2.24) is 0 Å². The molecule has 54 heavy (non-hydrogen) atoms. The van der Waals surface area contributed by atoms with Crippen molar-refractivity contribution in [1.29, 1.82) is 0 Å². The molecule has 0 bridgehead atoms. The molecule has 16 nitrogen and oxygen atoms in total. The molecule has 0 spiro atoms. The fraction of sp³-hybridized carbons (Fsp3) is 0.167. The maximum Gasteiger partial charge on any atom is 0.258 e. The second kappa shape index (κ2) is 17.8. The SMILES string of the molecule is COc1cc(C(N)=O)ccc1NC(=O)C(N=Nc1ccc(-c2ccc(N=NC(C(C)=O)C(=O)Nc3ccc(C(N)=O)cc3OC)c(Cl)c2)cc1Cl)C(C)=O. The fourth-order valence-electron chi connectivity index (χ4n) is 4.71. The Kier molecular flexibility index (Phi) is 13.3. The average Bonchev–Trinajstić information content (AvgIpc) is 3.12. The highest BCUT2D eigenvalue weighted by Gasteiger charge is 2.26. The Bertz CT molecular complexity index is 2070. The van der Waals surface area contributed by atoms with E-state index < -0.39 is 47.3 Å². The van der Waals surface area contributed by atoms with Gasteiger partial charge in [-0.05, 0) is 85.6 Å². The molecule has 278 valence electrons. The molecule has 0 fully saturated rings. The second-order valence-corrected chi connectivity index (χ2v) is 12.1. The summed E-state index contributed by atoms with van der Waals surface area (Å²) < 4.78 is 10.4. The number of hydrogen-bond donors (Lipinski definition) is 4. The zero-order valence-electron chi connectivity index (χ0n) is 29.0. The van der Waals surface area contributed by atoms with E-state index in [0.29, 0.717) is 11.1 Å². The number of ketones is 2. The number of nitrogens with one attached hydrogen (secondary N) is 2. The minimum Gasteiger partial charge on any atom is -0.495 e. The Labute approximate surface area is 317 Å². The molecule has 0 radical (unpaired) electrons. The average molecular weight is 776 g/mol. The number of anilines is 2. The first kappa shape index (κ1) is 40.3. The van der Waals surface area contributed by atoms with Gasteiger partial charge in [-0.2, -0.15) is 20.5 Å². The van der Waals surface area contributed by atoms with Gasteiger partial charge in [0, 0.05) is 11.1 Å². The standard InChI is InChI=1S/C36H32Cl2N8O8/c1-17(47)31(35(51)41-27-11-7-21(33(39)49)15-29(27)53-3)45-43-25-9-5-19(13-23(25)37)20-6-10-26(24(38)14-20)44-46-32(18(2)48)36(52)42-28-12-8-22(34(40)50)16-30(28)54-4/h5-16,31-32H,1-4H3,(H2,39,49)(H2,40,50)(H,41,51)(H,42,52). The lowest BCUT2D eigenvalue weighted by atomic mass is 10.0. The van der Waals surface area contributed by atoms with Crippen LogP contribution in [0.3, 0.4) is 0 Å². The smallest absolute Gasteiger partial charge is 0.258 e. The van der Waals surface area contributed by atoms with Crippen LogP contribution in [0, 0.1) is 0 Å². The van der Waals surface area contributed by atoms with Crippen LogP contribution in [0.4, 0.5) is 22.7 Å². The summed E-state index contributed by atoms with van der Waals surface area (Å²) in [5.74, 6) is -3.90. The Morgan fingerprint density at radius 1 is 0.593 bits per heavy atom. The summed E-state index contributed by atoms with van der Waals surface area (Å²) in [4.78, 5) is 73.6. The van der Waals surface area contributed by atoms with Gasteiger partial charge in [-0.25, -0.2) is 0 Å². The molecule has 0 saturated carbocycles.